The van der Waals surface area contributed by atoms with Crippen LogP contribution in [0, 0.1) is 0 Å². The number of hydrogen-bond acceptors (Lipinski definition) is 6. The highest BCUT2D eigenvalue weighted by molar-refractivity contribution is 6.13. The maximum Gasteiger partial charge on any atom is 0.423 e. The van der Waals surface area contributed by atoms with Crippen molar-refractivity contribution in [2.75, 3.05) is 4.90 Å². The van der Waals surface area contributed by atoms with Gasteiger partial charge in [0.2, 0.25) is 0 Å². The van der Waals surface area contributed by atoms with Crippen molar-refractivity contribution in [3.8, 4) is 0 Å². The fourth-order valence-electron chi connectivity index (χ4n) is 1.22. The Morgan fingerprint density at radius 3 is 2.47 bits per heavy atom. The molecule has 0 aliphatic rings. The van der Waals surface area contributed by atoms with Gasteiger partial charge in [0.05, 0.1) is 6.04 Å². The Labute approximate surface area is 111 Å². The topological polar surface area (TPSA) is 98.4 Å². The van der Waals surface area contributed by atoms with Crippen LogP contribution in [0.15, 0.2) is 18.6 Å². The molecule has 0 aliphatic heterocycles. The molecule has 0 radical (unpaired) electrons. The number of aromatic nitrogens is 2. The summed E-state index contributed by atoms with van der Waals surface area (Å²) in [4.78, 5) is 32.5. The first-order valence-corrected chi connectivity index (χ1v) is 5.81. The molecule has 1 atom stereocenters. The van der Waals surface area contributed by atoms with Crippen molar-refractivity contribution in [1.29, 1.82) is 0 Å². The van der Waals surface area contributed by atoms with Crippen molar-refractivity contribution in [1.82, 2.24) is 9.97 Å². The summed E-state index contributed by atoms with van der Waals surface area (Å²) >= 11 is 0. The zero-order chi connectivity index (χ0) is 14.6. The molecule has 1 rings (SSSR count). The molecule has 7 heteroatoms. The zero-order valence-electron chi connectivity index (χ0n) is 11.5. The first-order valence-electron chi connectivity index (χ1n) is 5.81. The van der Waals surface area contributed by atoms with Crippen LogP contribution in [-0.2, 0) is 9.53 Å². The Hall–Kier alpha value is -2.02. The minimum absolute atomic E-state index is 0.131. The lowest BCUT2D eigenvalue weighted by Crippen LogP contribution is -2.48. The van der Waals surface area contributed by atoms with Gasteiger partial charge >= 0.3 is 6.09 Å². The van der Waals surface area contributed by atoms with Crippen LogP contribution in [0.4, 0.5) is 10.6 Å². The lowest BCUT2D eigenvalue weighted by atomic mass is 10.2. The number of ether oxygens (including phenoxy) is 1. The summed E-state index contributed by atoms with van der Waals surface area (Å²) in [5.41, 5.74) is 4.81. The Bertz CT molecular complexity index is 454. The van der Waals surface area contributed by atoms with Crippen molar-refractivity contribution in [2.24, 2.45) is 5.73 Å². The normalized spacial score (nSPS) is 12.7. The van der Waals surface area contributed by atoms with E-state index in [1.807, 2.05) is 0 Å². The lowest BCUT2D eigenvalue weighted by molar-refractivity contribution is -0.119. The van der Waals surface area contributed by atoms with E-state index in [4.69, 9.17) is 10.5 Å². The van der Waals surface area contributed by atoms with Gasteiger partial charge in [-0.05, 0) is 27.7 Å². The first-order chi connectivity index (χ1) is 8.72. The summed E-state index contributed by atoms with van der Waals surface area (Å²) < 4.78 is 5.18. The van der Waals surface area contributed by atoms with E-state index in [2.05, 4.69) is 9.97 Å². The van der Waals surface area contributed by atoms with Gasteiger partial charge in [-0.1, -0.05) is 0 Å². The maximum atomic E-state index is 12.1. The Morgan fingerprint density at radius 2 is 2.05 bits per heavy atom. The highest BCUT2D eigenvalue weighted by Gasteiger charge is 2.31. The van der Waals surface area contributed by atoms with Gasteiger partial charge in [-0.25, -0.2) is 14.8 Å². The second-order valence-corrected chi connectivity index (χ2v) is 5.01. The third-order valence-corrected chi connectivity index (χ3v) is 1.98. The highest BCUT2D eigenvalue weighted by atomic mass is 16.6. The molecule has 1 aromatic rings. The zero-order valence-corrected chi connectivity index (χ0v) is 11.5. The van der Waals surface area contributed by atoms with Gasteiger partial charge in [0, 0.05) is 12.3 Å². The van der Waals surface area contributed by atoms with Crippen molar-refractivity contribution in [3.63, 3.8) is 0 Å². The maximum absolute atomic E-state index is 12.1. The van der Waals surface area contributed by atoms with E-state index in [9.17, 15) is 9.59 Å². The van der Waals surface area contributed by atoms with Crippen LogP contribution in [0.3, 0.4) is 0 Å². The standard InChI is InChI=1S/C12H18N4O3/c1-8(13)10(17)16(9-5-6-14-7-15-9)11(18)19-12(2,3)4/h5-8H,13H2,1-4H3/t8-/m0/s1. The predicted molar refractivity (Wildman–Crippen MR) is 69.4 cm³/mol. The lowest BCUT2D eigenvalue weighted by Gasteiger charge is -2.26. The van der Waals surface area contributed by atoms with E-state index in [1.54, 1.807) is 20.8 Å². The Morgan fingerprint density at radius 1 is 1.42 bits per heavy atom. The summed E-state index contributed by atoms with van der Waals surface area (Å²) in [6, 6.07) is 0.590. The van der Waals surface area contributed by atoms with E-state index < -0.39 is 23.6 Å². The first kappa shape index (κ1) is 15.0. The van der Waals surface area contributed by atoms with Crippen molar-refractivity contribution >= 4 is 17.8 Å². The summed E-state index contributed by atoms with van der Waals surface area (Å²) in [5, 5.41) is 0. The van der Waals surface area contributed by atoms with Crippen molar-refractivity contribution < 1.29 is 14.3 Å². The van der Waals surface area contributed by atoms with E-state index in [-0.39, 0.29) is 5.82 Å². The molecule has 0 fully saturated rings. The molecule has 7 nitrogen and oxygen atoms in total. The summed E-state index contributed by atoms with van der Waals surface area (Å²) in [7, 11) is 0. The number of rotatable bonds is 2. The van der Waals surface area contributed by atoms with Gasteiger partial charge in [-0.2, -0.15) is 4.90 Å². The van der Waals surface area contributed by atoms with E-state index in [0.717, 1.165) is 4.90 Å². The van der Waals surface area contributed by atoms with Crippen molar-refractivity contribution in [2.45, 2.75) is 39.3 Å². The van der Waals surface area contributed by atoms with Crippen LogP contribution < -0.4 is 10.6 Å². The van der Waals surface area contributed by atoms with E-state index in [1.165, 1.54) is 25.5 Å². The van der Waals surface area contributed by atoms with Crippen LogP contribution in [0.25, 0.3) is 0 Å². The van der Waals surface area contributed by atoms with Gasteiger partial charge in [0.1, 0.15) is 17.7 Å². The SMILES string of the molecule is C[C@H](N)C(=O)N(C(=O)OC(C)(C)C)c1ccncn1. The fourth-order valence-corrected chi connectivity index (χ4v) is 1.22. The number of nitrogens with two attached hydrogens (primary N) is 1. The van der Waals surface area contributed by atoms with Crippen LogP contribution in [0.2, 0.25) is 0 Å². The molecule has 2 amide bonds. The smallest absolute Gasteiger partial charge is 0.423 e. The average molecular weight is 266 g/mol. The van der Waals surface area contributed by atoms with Crippen LogP contribution in [0.1, 0.15) is 27.7 Å². The van der Waals surface area contributed by atoms with Crippen LogP contribution in [-0.4, -0.2) is 33.6 Å². The van der Waals surface area contributed by atoms with Crippen molar-refractivity contribution in [3.05, 3.63) is 18.6 Å². The third-order valence-electron chi connectivity index (χ3n) is 1.98. The molecule has 0 aliphatic carbocycles. The second-order valence-electron chi connectivity index (χ2n) is 5.01. The minimum Gasteiger partial charge on any atom is -0.443 e. The third kappa shape index (κ3) is 4.29. The molecule has 104 valence electrons. The molecule has 2 N–H and O–H groups in total. The van der Waals surface area contributed by atoms with Crippen LogP contribution >= 0.6 is 0 Å². The van der Waals surface area contributed by atoms with Gasteiger partial charge in [-0.3, -0.25) is 4.79 Å². The van der Waals surface area contributed by atoms with Gasteiger partial charge in [0.25, 0.3) is 5.91 Å². The van der Waals surface area contributed by atoms with Gasteiger partial charge in [0.15, 0.2) is 0 Å². The molecular formula is C12H18N4O3. The number of nitrogens with zero attached hydrogens (tertiary/aromatic N) is 3. The largest absolute Gasteiger partial charge is 0.443 e. The molecular weight excluding hydrogens is 248 g/mol. The molecule has 0 saturated heterocycles. The molecule has 0 bridgehead atoms. The predicted octanol–water partition coefficient (Wildman–Crippen LogP) is 1.09. The number of imide groups is 1. The average Bonchev–Trinajstić information content (AvgIpc) is 2.28. The summed E-state index contributed by atoms with van der Waals surface area (Å²) in [6.45, 7) is 6.61. The fraction of sp³-hybridized carbons (Fsp3) is 0.500. The second kappa shape index (κ2) is 5.75. The molecule has 0 saturated carbocycles. The summed E-state index contributed by atoms with van der Waals surface area (Å²) in [5.74, 6) is -0.459. The number of carbonyl (C=O) groups excluding carboxylic acids is 2. The van der Waals surface area contributed by atoms with Gasteiger partial charge in [-0.15, -0.1) is 0 Å². The minimum atomic E-state index is -0.845. The number of amides is 2. The number of anilines is 1. The highest BCUT2D eigenvalue weighted by Crippen LogP contribution is 2.16. The number of hydrogen-bond donors (Lipinski definition) is 1. The molecule has 0 spiro atoms. The van der Waals surface area contributed by atoms with Gasteiger partial charge < -0.3 is 10.5 Å². The summed E-state index contributed by atoms with van der Waals surface area (Å²) in [6.07, 6.45) is 1.85. The molecule has 19 heavy (non-hydrogen) atoms. The van der Waals surface area contributed by atoms with E-state index in [0.29, 0.717) is 0 Å². The Balaban J connectivity index is 3.07. The molecule has 0 aromatic carbocycles. The molecule has 0 unspecified atom stereocenters. The monoisotopic (exact) mass is 266 g/mol. The molecule has 1 heterocycles. The number of carbonyl (C=O) groups is 2. The van der Waals surface area contributed by atoms with E-state index >= 15 is 0 Å². The molecule has 1 aromatic heterocycles. The quantitative estimate of drug-likeness (QED) is 0.860. The Kier molecular flexibility index (Phi) is 4.55. The van der Waals surface area contributed by atoms with Crippen LogP contribution in [0.5, 0.6) is 0 Å².